The summed E-state index contributed by atoms with van der Waals surface area (Å²) in [6.45, 7) is 2.10. The van der Waals surface area contributed by atoms with Crippen LogP contribution in [0.2, 0.25) is 0 Å². The number of aromatic nitrogens is 1. The van der Waals surface area contributed by atoms with E-state index in [4.69, 9.17) is 0 Å². The van der Waals surface area contributed by atoms with Crippen molar-refractivity contribution in [3.8, 4) is 11.3 Å². The van der Waals surface area contributed by atoms with Crippen LogP contribution >= 0.6 is 22.6 Å². The van der Waals surface area contributed by atoms with Crippen molar-refractivity contribution >= 4 is 43.1 Å². The standard InChI is InChI=1S/C17H13IN2O/c1-11-9-10-14(13-6-3-2-5-12(11)13)15-7-4-8-16(19-15)20-17(18)21/h2-10H,1H3,(H,19,20,21). The molecule has 0 aliphatic carbocycles. The Kier molecular flexibility index (Phi) is 3.88. The molecule has 0 atom stereocenters. The molecule has 1 heterocycles. The molecular formula is C17H13IN2O. The summed E-state index contributed by atoms with van der Waals surface area (Å²) in [5, 5.41) is 5.10. The number of carbonyl (C=O) groups excluding carboxylic acids is 1. The smallest absolute Gasteiger partial charge is 0.286 e. The molecule has 1 aromatic heterocycles. The Bertz CT molecular complexity index is 830. The highest BCUT2D eigenvalue weighted by Gasteiger charge is 2.08. The average molecular weight is 388 g/mol. The van der Waals surface area contributed by atoms with E-state index < -0.39 is 0 Å². The molecule has 0 spiro atoms. The van der Waals surface area contributed by atoms with Gasteiger partial charge in [0.2, 0.25) is 0 Å². The molecule has 0 fully saturated rings. The maximum absolute atomic E-state index is 11.2. The summed E-state index contributed by atoms with van der Waals surface area (Å²) in [6.07, 6.45) is 0. The Morgan fingerprint density at radius 2 is 1.76 bits per heavy atom. The number of hydrogen-bond acceptors (Lipinski definition) is 2. The van der Waals surface area contributed by atoms with Crippen molar-refractivity contribution in [2.24, 2.45) is 0 Å². The third-order valence-electron chi connectivity index (χ3n) is 3.39. The molecular weight excluding hydrogens is 375 g/mol. The lowest BCUT2D eigenvalue weighted by Crippen LogP contribution is -2.02. The van der Waals surface area contributed by atoms with Crippen molar-refractivity contribution < 1.29 is 4.79 Å². The molecule has 1 N–H and O–H groups in total. The molecule has 0 bridgehead atoms. The first kappa shape index (κ1) is 14.0. The molecule has 4 heteroatoms. The zero-order valence-corrected chi connectivity index (χ0v) is 13.6. The summed E-state index contributed by atoms with van der Waals surface area (Å²) in [6, 6.07) is 18.1. The van der Waals surface area contributed by atoms with Gasteiger partial charge in [-0.3, -0.25) is 4.79 Å². The number of fused-ring (bicyclic) bond motifs is 1. The summed E-state index contributed by atoms with van der Waals surface area (Å²) >= 11 is 1.70. The second kappa shape index (κ2) is 5.81. The first-order valence-corrected chi connectivity index (χ1v) is 7.65. The number of hydrogen-bond donors (Lipinski definition) is 1. The molecule has 0 unspecified atom stereocenters. The number of rotatable bonds is 2. The summed E-state index contributed by atoms with van der Waals surface area (Å²) in [4.78, 5) is 15.7. The SMILES string of the molecule is Cc1ccc(-c2cccc(NC(=O)I)n2)c2ccccc12. The fraction of sp³-hybridized carbons (Fsp3) is 0.0588. The number of nitrogens with zero attached hydrogens (tertiary/aromatic N) is 1. The lowest BCUT2D eigenvalue weighted by molar-refractivity contribution is 0.271. The molecule has 3 aromatic rings. The van der Waals surface area contributed by atoms with Gasteiger partial charge in [0.05, 0.1) is 5.69 Å². The number of benzene rings is 2. The summed E-state index contributed by atoms with van der Waals surface area (Å²) in [5.74, 6) is 0.566. The zero-order valence-electron chi connectivity index (χ0n) is 11.4. The molecule has 3 nitrogen and oxygen atoms in total. The van der Waals surface area contributed by atoms with E-state index in [2.05, 4.69) is 41.5 Å². The molecule has 21 heavy (non-hydrogen) atoms. The van der Waals surface area contributed by atoms with Gasteiger partial charge in [0.15, 0.2) is 0 Å². The maximum Gasteiger partial charge on any atom is 0.286 e. The second-order valence-electron chi connectivity index (χ2n) is 4.78. The number of halogens is 1. The normalized spacial score (nSPS) is 10.6. The molecule has 0 saturated heterocycles. The van der Waals surface area contributed by atoms with Crippen LogP contribution in [0.5, 0.6) is 0 Å². The minimum atomic E-state index is -0.147. The van der Waals surface area contributed by atoms with Gasteiger partial charge < -0.3 is 5.32 Å². The minimum absolute atomic E-state index is 0.147. The van der Waals surface area contributed by atoms with Gasteiger partial charge in [0.25, 0.3) is 3.91 Å². The monoisotopic (exact) mass is 388 g/mol. The number of nitrogens with one attached hydrogen (secondary N) is 1. The van der Waals surface area contributed by atoms with Crippen LogP contribution in [0.15, 0.2) is 54.6 Å². The first-order valence-electron chi connectivity index (χ1n) is 6.57. The molecule has 0 aliphatic heterocycles. The fourth-order valence-electron chi connectivity index (χ4n) is 2.43. The van der Waals surface area contributed by atoms with Crippen LogP contribution in [0, 0.1) is 6.92 Å². The molecule has 104 valence electrons. The van der Waals surface area contributed by atoms with Gasteiger partial charge in [-0.05, 0) is 35.4 Å². The quantitative estimate of drug-likeness (QED) is 0.374. The van der Waals surface area contributed by atoms with Crippen LogP contribution < -0.4 is 5.32 Å². The van der Waals surface area contributed by atoms with Gasteiger partial charge >= 0.3 is 0 Å². The molecule has 2 aromatic carbocycles. The second-order valence-corrected chi connectivity index (χ2v) is 5.76. The van der Waals surface area contributed by atoms with Crippen molar-refractivity contribution in [3.05, 3.63) is 60.2 Å². The van der Waals surface area contributed by atoms with E-state index >= 15 is 0 Å². The van der Waals surface area contributed by atoms with Crippen LogP contribution in [0.1, 0.15) is 5.56 Å². The Morgan fingerprint density at radius 3 is 2.52 bits per heavy atom. The Hall–Kier alpha value is -1.95. The number of pyridine rings is 1. The lowest BCUT2D eigenvalue weighted by Gasteiger charge is -2.10. The fourth-order valence-corrected chi connectivity index (χ4v) is 2.70. The maximum atomic E-state index is 11.2. The van der Waals surface area contributed by atoms with Crippen molar-refractivity contribution in [1.82, 2.24) is 4.98 Å². The highest BCUT2D eigenvalue weighted by atomic mass is 127. The average Bonchev–Trinajstić information content (AvgIpc) is 2.47. The van der Waals surface area contributed by atoms with E-state index in [0.29, 0.717) is 5.82 Å². The van der Waals surface area contributed by atoms with Gasteiger partial charge in [-0.15, -0.1) is 0 Å². The molecule has 0 saturated carbocycles. The highest BCUT2D eigenvalue weighted by molar-refractivity contribution is 14.1. The Morgan fingerprint density at radius 1 is 1.00 bits per heavy atom. The summed E-state index contributed by atoms with van der Waals surface area (Å²) < 4.78 is -0.147. The van der Waals surface area contributed by atoms with Gasteiger partial charge in [-0.25, -0.2) is 4.98 Å². The Balaban J connectivity index is 2.17. The predicted molar refractivity (Wildman–Crippen MR) is 95.0 cm³/mol. The van der Waals surface area contributed by atoms with Crippen molar-refractivity contribution in [3.63, 3.8) is 0 Å². The molecule has 3 rings (SSSR count). The number of anilines is 1. The van der Waals surface area contributed by atoms with Crippen molar-refractivity contribution in [1.29, 1.82) is 0 Å². The summed E-state index contributed by atoms with van der Waals surface area (Å²) in [7, 11) is 0. The topological polar surface area (TPSA) is 42.0 Å². The van der Waals surface area contributed by atoms with E-state index in [-0.39, 0.29) is 3.91 Å². The Labute approximate surface area is 136 Å². The highest BCUT2D eigenvalue weighted by Crippen LogP contribution is 2.30. The van der Waals surface area contributed by atoms with E-state index in [1.807, 2.05) is 24.3 Å². The zero-order chi connectivity index (χ0) is 14.8. The molecule has 0 aliphatic rings. The van der Waals surface area contributed by atoms with Crippen molar-refractivity contribution in [2.75, 3.05) is 5.32 Å². The van der Waals surface area contributed by atoms with Gasteiger partial charge in [-0.1, -0.05) is 42.5 Å². The van der Waals surface area contributed by atoms with Crippen LogP contribution in [0.4, 0.5) is 10.6 Å². The third-order valence-corrected chi connectivity index (χ3v) is 3.66. The largest absolute Gasteiger partial charge is 0.302 e. The number of carbonyl (C=O) groups is 1. The van der Waals surface area contributed by atoms with Crippen molar-refractivity contribution in [2.45, 2.75) is 6.92 Å². The third kappa shape index (κ3) is 2.90. The lowest BCUT2D eigenvalue weighted by atomic mass is 9.98. The molecule has 1 amide bonds. The van der Waals surface area contributed by atoms with E-state index in [9.17, 15) is 4.79 Å². The number of aryl methyl sites for hydroxylation is 1. The van der Waals surface area contributed by atoms with Crippen LogP contribution in [0.3, 0.4) is 0 Å². The van der Waals surface area contributed by atoms with Crippen LogP contribution in [-0.2, 0) is 0 Å². The van der Waals surface area contributed by atoms with Crippen LogP contribution in [-0.4, -0.2) is 8.90 Å². The number of amides is 1. The minimum Gasteiger partial charge on any atom is -0.302 e. The molecule has 0 radical (unpaired) electrons. The first-order chi connectivity index (χ1) is 10.1. The summed E-state index contributed by atoms with van der Waals surface area (Å²) in [5.41, 5.74) is 3.17. The van der Waals surface area contributed by atoms with E-state index in [0.717, 1.165) is 11.3 Å². The predicted octanol–water partition coefficient (Wildman–Crippen LogP) is 5.18. The van der Waals surface area contributed by atoms with E-state index in [1.165, 1.54) is 16.3 Å². The van der Waals surface area contributed by atoms with E-state index in [1.54, 1.807) is 28.7 Å². The van der Waals surface area contributed by atoms with Gasteiger partial charge in [0.1, 0.15) is 5.82 Å². The van der Waals surface area contributed by atoms with Crippen LogP contribution in [0.25, 0.3) is 22.0 Å². The van der Waals surface area contributed by atoms with Gasteiger partial charge in [-0.2, -0.15) is 0 Å². The van der Waals surface area contributed by atoms with Gasteiger partial charge in [0, 0.05) is 28.2 Å².